The minimum Gasteiger partial charge on any atom is -0.399 e. The molecule has 8 N–H and O–H groups in total. The highest BCUT2D eigenvalue weighted by Gasteiger charge is 2.27. The van der Waals surface area contributed by atoms with Gasteiger partial charge in [-0.15, -0.1) is 0 Å². The Morgan fingerprint density at radius 3 is 1.63 bits per heavy atom. The smallest absolute Gasteiger partial charge is 0.295 e. The van der Waals surface area contributed by atoms with Crippen LogP contribution in [0.5, 0.6) is 0 Å². The van der Waals surface area contributed by atoms with Crippen molar-refractivity contribution < 1.29 is 61.5 Å². The number of aryl methyl sites for hydroxylation is 1. The zero-order chi connectivity index (χ0) is 34.6. The van der Waals surface area contributed by atoms with E-state index in [0.717, 1.165) is 12.1 Å². The van der Waals surface area contributed by atoms with Crippen LogP contribution in [0, 0.1) is 6.92 Å². The fourth-order valence-electron chi connectivity index (χ4n) is 4.30. The number of fused-ring (bicyclic) bond motifs is 1. The first kappa shape index (κ1) is 34.4. The van der Waals surface area contributed by atoms with E-state index in [0.29, 0.717) is 29.8 Å². The van der Waals surface area contributed by atoms with E-state index < -0.39 is 93.9 Å². The molecule has 0 saturated heterocycles. The minimum absolute atomic E-state index is 0.105. The summed E-state index contributed by atoms with van der Waals surface area (Å²) in [4.78, 5) is 22.6. The lowest BCUT2D eigenvalue weighted by atomic mass is 10.1. The molecule has 0 radical (unpaired) electrons. The van der Waals surface area contributed by atoms with Crippen molar-refractivity contribution in [2.24, 2.45) is 0 Å². The maximum Gasteiger partial charge on any atom is 0.295 e. The van der Waals surface area contributed by atoms with Gasteiger partial charge in [0.2, 0.25) is 0 Å². The predicted octanol–water partition coefficient (Wildman–Crippen LogP) is 2.22. The average molecular weight is 716 g/mol. The van der Waals surface area contributed by atoms with Crippen molar-refractivity contribution >= 4 is 80.1 Å². The van der Waals surface area contributed by atoms with E-state index in [1.165, 1.54) is 24.3 Å². The number of benzene rings is 4. The molecule has 0 fully saturated rings. The quantitative estimate of drug-likeness (QED) is 0.102. The SMILES string of the molecule is Cc1ccc(C(=O)Nc2cc(S(=O)(=O)O)cc3cc(S(=O)(=O)O)cc(S(=O)(=O)O)c23)c(NC(=O)c2ccc(N)cc2S(=O)(=O)O)c1. The lowest BCUT2D eigenvalue weighted by molar-refractivity contribution is 0.102. The van der Waals surface area contributed by atoms with Gasteiger partial charge in [0.15, 0.2) is 0 Å². The lowest BCUT2D eigenvalue weighted by Crippen LogP contribution is -2.20. The number of nitrogens with two attached hydrogens (primary N) is 1. The Morgan fingerprint density at radius 2 is 1.09 bits per heavy atom. The van der Waals surface area contributed by atoms with Crippen LogP contribution in [-0.2, 0) is 40.5 Å². The Kier molecular flexibility index (Phi) is 8.75. The van der Waals surface area contributed by atoms with Crippen molar-refractivity contribution in [2.45, 2.75) is 26.5 Å². The molecule has 4 rings (SSSR count). The van der Waals surface area contributed by atoms with E-state index in [2.05, 4.69) is 10.6 Å². The number of hydrogen-bond acceptors (Lipinski definition) is 11. The van der Waals surface area contributed by atoms with Gasteiger partial charge in [0.25, 0.3) is 52.3 Å². The van der Waals surface area contributed by atoms with E-state index in [-0.39, 0.29) is 16.9 Å². The molecule has 17 nitrogen and oxygen atoms in total. The second kappa shape index (κ2) is 11.7. The molecule has 4 aromatic carbocycles. The molecule has 0 aliphatic carbocycles. The van der Waals surface area contributed by atoms with Crippen LogP contribution in [0.15, 0.2) is 80.2 Å². The fourth-order valence-corrected chi connectivity index (χ4v) is 6.95. The van der Waals surface area contributed by atoms with Crippen molar-refractivity contribution in [3.63, 3.8) is 0 Å². The monoisotopic (exact) mass is 715 g/mol. The van der Waals surface area contributed by atoms with Gasteiger partial charge in [-0.3, -0.25) is 27.8 Å². The van der Waals surface area contributed by atoms with Gasteiger partial charge in [0.05, 0.1) is 32.3 Å². The summed E-state index contributed by atoms with van der Waals surface area (Å²) in [5.74, 6) is -2.30. The molecule has 0 atom stereocenters. The Bertz CT molecular complexity index is 2420. The van der Waals surface area contributed by atoms with Crippen molar-refractivity contribution in [3.05, 3.63) is 77.4 Å². The van der Waals surface area contributed by atoms with E-state index >= 15 is 0 Å². The van der Waals surface area contributed by atoms with Crippen LogP contribution in [0.25, 0.3) is 10.8 Å². The second-order valence-electron chi connectivity index (χ2n) is 9.60. The summed E-state index contributed by atoms with van der Waals surface area (Å²) in [5.41, 5.74) is 4.02. The number of hydrogen-bond donors (Lipinski definition) is 7. The van der Waals surface area contributed by atoms with Crippen LogP contribution in [0.3, 0.4) is 0 Å². The van der Waals surface area contributed by atoms with Crippen LogP contribution in [-0.4, -0.2) is 63.7 Å². The van der Waals surface area contributed by atoms with Gasteiger partial charge in [-0.1, -0.05) is 6.07 Å². The number of anilines is 3. The summed E-state index contributed by atoms with van der Waals surface area (Å²) in [5, 5.41) is 3.27. The summed E-state index contributed by atoms with van der Waals surface area (Å²) in [6, 6.07) is 8.97. The Balaban J connectivity index is 1.90. The Morgan fingerprint density at radius 1 is 0.587 bits per heavy atom. The van der Waals surface area contributed by atoms with Gasteiger partial charge in [0.1, 0.15) is 9.79 Å². The highest BCUT2D eigenvalue weighted by molar-refractivity contribution is 7.87. The summed E-state index contributed by atoms with van der Waals surface area (Å²) in [6.45, 7) is 1.55. The summed E-state index contributed by atoms with van der Waals surface area (Å²) in [6.07, 6.45) is 0. The molecule has 2 amide bonds. The maximum atomic E-state index is 13.6. The van der Waals surface area contributed by atoms with Crippen molar-refractivity contribution in [1.82, 2.24) is 0 Å². The molecule has 0 spiro atoms. The molecule has 0 unspecified atom stereocenters. The van der Waals surface area contributed by atoms with Crippen LogP contribution in [0.1, 0.15) is 26.3 Å². The van der Waals surface area contributed by atoms with Gasteiger partial charge in [0, 0.05) is 11.1 Å². The third-order valence-electron chi connectivity index (χ3n) is 6.28. The topological polar surface area (TPSA) is 302 Å². The maximum absolute atomic E-state index is 13.6. The molecule has 21 heteroatoms. The van der Waals surface area contributed by atoms with Crippen LogP contribution < -0.4 is 16.4 Å². The third-order valence-corrected chi connectivity index (χ3v) is 9.71. The molecule has 0 bridgehead atoms. The zero-order valence-electron chi connectivity index (χ0n) is 22.9. The predicted molar refractivity (Wildman–Crippen MR) is 161 cm³/mol. The summed E-state index contributed by atoms with van der Waals surface area (Å²) < 4.78 is 134. The first-order chi connectivity index (χ1) is 21.0. The van der Waals surface area contributed by atoms with E-state index in [4.69, 9.17) is 5.73 Å². The van der Waals surface area contributed by atoms with E-state index in [9.17, 15) is 61.5 Å². The first-order valence-electron chi connectivity index (χ1n) is 12.1. The molecular weight excluding hydrogens is 695 g/mol. The highest BCUT2D eigenvalue weighted by atomic mass is 32.2. The third kappa shape index (κ3) is 7.32. The number of carbonyl (C=O) groups is 2. The van der Waals surface area contributed by atoms with Crippen LogP contribution in [0.4, 0.5) is 17.1 Å². The molecular formula is C25H21N3O14S4. The number of nitrogens with one attached hydrogen (secondary N) is 2. The average Bonchev–Trinajstić information content (AvgIpc) is 2.90. The Hall–Kier alpha value is -4.48. The first-order valence-corrected chi connectivity index (χ1v) is 17.9. The van der Waals surface area contributed by atoms with E-state index in [1.54, 1.807) is 6.92 Å². The van der Waals surface area contributed by atoms with Crippen molar-refractivity contribution in [1.29, 1.82) is 0 Å². The van der Waals surface area contributed by atoms with Gasteiger partial charge < -0.3 is 16.4 Å². The van der Waals surface area contributed by atoms with Crippen LogP contribution in [0.2, 0.25) is 0 Å². The number of amides is 2. The molecule has 0 saturated carbocycles. The number of rotatable bonds is 8. The number of nitrogen functional groups attached to an aromatic ring is 1. The molecule has 46 heavy (non-hydrogen) atoms. The Labute approximate surface area is 261 Å². The molecule has 4 aromatic rings. The van der Waals surface area contributed by atoms with E-state index in [1.807, 2.05) is 0 Å². The molecule has 0 aliphatic heterocycles. The zero-order valence-corrected chi connectivity index (χ0v) is 26.1. The second-order valence-corrected chi connectivity index (χ2v) is 15.2. The van der Waals surface area contributed by atoms with Gasteiger partial charge in [-0.05, 0) is 72.5 Å². The minimum atomic E-state index is -5.34. The molecule has 0 aliphatic rings. The van der Waals surface area contributed by atoms with Gasteiger partial charge in [-0.25, -0.2) is 0 Å². The van der Waals surface area contributed by atoms with Crippen LogP contribution >= 0.6 is 0 Å². The molecule has 244 valence electrons. The lowest BCUT2D eigenvalue weighted by Gasteiger charge is -2.16. The van der Waals surface area contributed by atoms with Gasteiger partial charge >= 0.3 is 0 Å². The van der Waals surface area contributed by atoms with Crippen molar-refractivity contribution in [3.8, 4) is 0 Å². The highest BCUT2D eigenvalue weighted by Crippen LogP contribution is 2.36. The summed E-state index contributed by atoms with van der Waals surface area (Å²) in [7, 11) is -20.5. The largest absolute Gasteiger partial charge is 0.399 e. The number of carbonyl (C=O) groups excluding carboxylic acids is 2. The normalized spacial score (nSPS) is 12.5. The molecule has 0 aromatic heterocycles. The van der Waals surface area contributed by atoms with Crippen molar-refractivity contribution in [2.75, 3.05) is 16.4 Å². The standard InChI is InChI=1S/C25H21N3O14S4/c1-12-2-4-17(19(6-12)27-25(30)18-5-3-14(26)9-21(18)45(37,38)39)24(29)28-20-10-15(43(31,32)33)7-13-8-16(44(34,35)36)11-22(23(13)20)46(40,41)42/h2-11H,26H2,1H3,(H,27,30)(H,28,29)(H,31,32,33)(H,34,35,36)(H,37,38,39)(H,40,41,42). The van der Waals surface area contributed by atoms with Gasteiger partial charge in [-0.2, -0.15) is 33.7 Å². The fraction of sp³-hybridized carbons (Fsp3) is 0.0400. The molecule has 0 heterocycles. The summed E-state index contributed by atoms with van der Waals surface area (Å²) >= 11 is 0.